The van der Waals surface area contributed by atoms with Crippen LogP contribution in [0.1, 0.15) is 32.8 Å². The molecular weight excluding hydrogens is 336 g/mol. The minimum Gasteiger partial charge on any atom is -0.465 e. The third-order valence-corrected chi connectivity index (χ3v) is 4.05. The van der Waals surface area contributed by atoms with Gasteiger partial charge in [0.05, 0.1) is 0 Å². The Bertz CT molecular complexity index is 581. The largest absolute Gasteiger partial charge is 0.465 e. The maximum absolute atomic E-state index is 12.4. The Kier molecular flexibility index (Phi) is 4.27. The fraction of sp³-hybridized carbons (Fsp3) is 0.467. The number of fused-ring (bicyclic) bond motifs is 1. The minimum atomic E-state index is -1.07. The van der Waals surface area contributed by atoms with Gasteiger partial charge in [-0.2, -0.15) is 0 Å². The number of hydrogen-bond donors (Lipinski definition) is 2. The summed E-state index contributed by atoms with van der Waals surface area (Å²) in [6, 6.07) is 5.03. The molecule has 6 heteroatoms. The average Bonchev–Trinajstić information content (AvgIpc) is 2.47. The molecule has 1 atom stereocenters. The Hall–Kier alpha value is -1.56. The second-order valence-corrected chi connectivity index (χ2v) is 7.08. The highest BCUT2D eigenvalue weighted by Crippen LogP contribution is 2.29. The lowest BCUT2D eigenvalue weighted by Crippen LogP contribution is -2.55. The van der Waals surface area contributed by atoms with Crippen LogP contribution in [0.4, 0.5) is 10.5 Å². The van der Waals surface area contributed by atoms with E-state index >= 15 is 0 Å². The number of nitrogens with zero attached hydrogens (tertiary/aromatic N) is 1. The Balaban J connectivity index is 2.33. The van der Waals surface area contributed by atoms with Crippen LogP contribution < -0.4 is 5.32 Å². The van der Waals surface area contributed by atoms with Gasteiger partial charge in [0.15, 0.2) is 0 Å². The van der Waals surface area contributed by atoms with Crippen molar-refractivity contribution in [2.75, 3.05) is 5.32 Å². The van der Waals surface area contributed by atoms with E-state index in [0.29, 0.717) is 12.8 Å². The molecular formula is C15H19BrN2O3. The lowest BCUT2D eigenvalue weighted by atomic mass is 9.99. The predicted octanol–water partition coefficient (Wildman–Crippen LogP) is 3.48. The van der Waals surface area contributed by atoms with E-state index in [2.05, 4.69) is 21.2 Å². The quantitative estimate of drug-likeness (QED) is 0.810. The van der Waals surface area contributed by atoms with Crippen molar-refractivity contribution >= 4 is 33.6 Å². The summed E-state index contributed by atoms with van der Waals surface area (Å²) in [5.74, 6) is -0.274. The third kappa shape index (κ3) is 3.37. The number of rotatable bonds is 1. The van der Waals surface area contributed by atoms with E-state index in [9.17, 15) is 14.7 Å². The van der Waals surface area contributed by atoms with Gasteiger partial charge in [0.1, 0.15) is 6.04 Å². The molecule has 114 valence electrons. The topological polar surface area (TPSA) is 69.6 Å². The summed E-state index contributed by atoms with van der Waals surface area (Å²) in [6.45, 7) is 5.38. The molecule has 1 aromatic rings. The number of anilines is 1. The van der Waals surface area contributed by atoms with Crippen molar-refractivity contribution in [1.82, 2.24) is 4.90 Å². The molecule has 21 heavy (non-hydrogen) atoms. The SMILES string of the molecule is CC(C)(C)N(C(=O)O)[C@H]1CCc2ccc(Br)cc2NC1=O. The van der Waals surface area contributed by atoms with Crippen LogP contribution in [0.3, 0.4) is 0 Å². The van der Waals surface area contributed by atoms with E-state index in [1.165, 1.54) is 4.90 Å². The van der Waals surface area contributed by atoms with Crippen molar-refractivity contribution in [3.8, 4) is 0 Å². The smallest absolute Gasteiger partial charge is 0.408 e. The van der Waals surface area contributed by atoms with Crippen LogP contribution in [-0.2, 0) is 11.2 Å². The predicted molar refractivity (Wildman–Crippen MR) is 84.5 cm³/mol. The Morgan fingerprint density at radius 3 is 2.67 bits per heavy atom. The third-order valence-electron chi connectivity index (χ3n) is 3.56. The first-order chi connectivity index (χ1) is 9.70. The highest BCUT2D eigenvalue weighted by atomic mass is 79.9. The number of hydrogen-bond acceptors (Lipinski definition) is 2. The van der Waals surface area contributed by atoms with Crippen molar-refractivity contribution in [1.29, 1.82) is 0 Å². The standard InChI is InChI=1S/C15H19BrN2O3/c1-15(2,3)18(14(20)21)12-7-5-9-4-6-10(16)8-11(9)17-13(12)19/h4,6,8,12H,5,7H2,1-3H3,(H,17,19)(H,20,21)/t12-/m0/s1. The molecule has 1 aliphatic rings. The van der Waals surface area contributed by atoms with Gasteiger partial charge in [-0.15, -0.1) is 0 Å². The van der Waals surface area contributed by atoms with Crippen LogP contribution in [0.5, 0.6) is 0 Å². The zero-order valence-corrected chi connectivity index (χ0v) is 13.9. The molecule has 1 heterocycles. The van der Waals surface area contributed by atoms with Crippen molar-refractivity contribution in [3.63, 3.8) is 0 Å². The van der Waals surface area contributed by atoms with Crippen LogP contribution in [-0.4, -0.2) is 33.6 Å². The number of nitrogens with one attached hydrogen (secondary N) is 1. The summed E-state index contributed by atoms with van der Waals surface area (Å²) in [4.78, 5) is 25.3. The first kappa shape index (κ1) is 15.8. The molecule has 0 aromatic heterocycles. The summed E-state index contributed by atoms with van der Waals surface area (Å²) in [7, 11) is 0. The fourth-order valence-corrected chi connectivity index (χ4v) is 3.02. The number of carbonyl (C=O) groups excluding carboxylic acids is 1. The van der Waals surface area contributed by atoms with Gasteiger partial charge in [-0.05, 0) is 51.3 Å². The number of halogens is 1. The second kappa shape index (κ2) is 5.67. The molecule has 0 radical (unpaired) electrons. The highest BCUT2D eigenvalue weighted by molar-refractivity contribution is 9.10. The van der Waals surface area contributed by atoms with E-state index in [1.54, 1.807) is 20.8 Å². The van der Waals surface area contributed by atoms with Gasteiger partial charge in [-0.3, -0.25) is 9.69 Å². The van der Waals surface area contributed by atoms with Crippen molar-refractivity contribution in [2.24, 2.45) is 0 Å². The molecule has 0 unspecified atom stereocenters. The van der Waals surface area contributed by atoms with E-state index in [0.717, 1.165) is 15.7 Å². The lowest BCUT2D eigenvalue weighted by Gasteiger charge is -2.38. The van der Waals surface area contributed by atoms with Gasteiger partial charge in [-0.25, -0.2) is 4.79 Å². The van der Waals surface area contributed by atoms with Crippen molar-refractivity contribution < 1.29 is 14.7 Å². The monoisotopic (exact) mass is 354 g/mol. The van der Waals surface area contributed by atoms with Gasteiger partial charge < -0.3 is 10.4 Å². The molecule has 0 spiro atoms. The van der Waals surface area contributed by atoms with Crippen LogP contribution >= 0.6 is 15.9 Å². The van der Waals surface area contributed by atoms with Crippen LogP contribution in [0.2, 0.25) is 0 Å². The van der Waals surface area contributed by atoms with Crippen molar-refractivity contribution in [3.05, 3.63) is 28.2 Å². The molecule has 5 nitrogen and oxygen atoms in total. The van der Waals surface area contributed by atoms with E-state index < -0.39 is 17.7 Å². The van der Waals surface area contributed by atoms with Gasteiger partial charge >= 0.3 is 6.09 Å². The van der Waals surface area contributed by atoms with Gasteiger partial charge in [0.25, 0.3) is 0 Å². The minimum absolute atomic E-state index is 0.274. The maximum atomic E-state index is 12.4. The Morgan fingerprint density at radius 2 is 2.10 bits per heavy atom. The van der Waals surface area contributed by atoms with Gasteiger partial charge in [0, 0.05) is 15.7 Å². The Morgan fingerprint density at radius 1 is 1.43 bits per heavy atom. The maximum Gasteiger partial charge on any atom is 0.408 e. The number of carboxylic acid groups (broad SMARTS) is 1. The molecule has 2 amide bonds. The zero-order chi connectivity index (χ0) is 15.8. The summed E-state index contributed by atoms with van der Waals surface area (Å²) in [5, 5.41) is 12.3. The van der Waals surface area contributed by atoms with Crippen molar-refractivity contribution in [2.45, 2.75) is 45.2 Å². The normalized spacial score (nSPS) is 18.5. The zero-order valence-electron chi connectivity index (χ0n) is 12.3. The van der Waals surface area contributed by atoms with E-state index in [-0.39, 0.29) is 5.91 Å². The number of benzene rings is 1. The van der Waals surface area contributed by atoms with Crippen LogP contribution in [0, 0.1) is 0 Å². The van der Waals surface area contributed by atoms with Gasteiger partial charge in [-0.1, -0.05) is 22.0 Å². The first-order valence-corrected chi connectivity index (χ1v) is 7.61. The molecule has 1 aliphatic heterocycles. The number of aryl methyl sites for hydroxylation is 1. The summed E-state index contributed by atoms with van der Waals surface area (Å²) >= 11 is 3.38. The summed E-state index contributed by atoms with van der Waals surface area (Å²) in [5.41, 5.74) is 1.13. The van der Waals surface area contributed by atoms with Crippen LogP contribution in [0.25, 0.3) is 0 Å². The first-order valence-electron chi connectivity index (χ1n) is 6.81. The molecule has 0 fully saturated rings. The lowest BCUT2D eigenvalue weighted by molar-refractivity contribution is -0.122. The fourth-order valence-electron chi connectivity index (χ4n) is 2.66. The van der Waals surface area contributed by atoms with Crippen LogP contribution in [0.15, 0.2) is 22.7 Å². The summed E-state index contributed by atoms with van der Waals surface area (Å²) < 4.78 is 0.880. The molecule has 0 aliphatic carbocycles. The van der Waals surface area contributed by atoms with Gasteiger partial charge in [0.2, 0.25) is 5.91 Å². The number of carbonyl (C=O) groups is 2. The molecule has 0 saturated heterocycles. The second-order valence-electron chi connectivity index (χ2n) is 6.17. The van der Waals surface area contributed by atoms with E-state index in [1.807, 2.05) is 18.2 Å². The molecule has 0 bridgehead atoms. The molecule has 1 aromatic carbocycles. The highest BCUT2D eigenvalue weighted by Gasteiger charge is 2.38. The average molecular weight is 355 g/mol. The summed E-state index contributed by atoms with van der Waals surface area (Å²) in [6.07, 6.45) is 0.0606. The molecule has 2 rings (SSSR count). The van der Waals surface area contributed by atoms with E-state index in [4.69, 9.17) is 0 Å². The molecule has 2 N–H and O–H groups in total. The number of amides is 2. The Labute approximate surface area is 132 Å². The molecule has 0 saturated carbocycles.